The third-order valence-electron chi connectivity index (χ3n) is 5.61. The number of carbonyl (C=O) groups excluding carboxylic acids is 1. The van der Waals surface area contributed by atoms with Crippen molar-refractivity contribution in [2.45, 2.75) is 33.7 Å². The van der Waals surface area contributed by atoms with Crippen LogP contribution in [0.2, 0.25) is 0 Å². The highest BCUT2D eigenvalue weighted by Crippen LogP contribution is 2.13. The molecule has 0 aliphatic rings. The second-order valence-electron chi connectivity index (χ2n) is 8.02. The lowest BCUT2D eigenvalue weighted by Gasteiger charge is -2.14. The van der Waals surface area contributed by atoms with E-state index in [1.165, 1.54) is 10.5 Å². The first-order valence-corrected chi connectivity index (χ1v) is 11.1. The number of pyridine rings is 2. The topological polar surface area (TPSA) is 102 Å². The number of nitrogens with zero attached hydrogens (tertiary/aromatic N) is 5. The standard InChI is InChI=1S/C26H25N5O3/c1-4-34-14-6-13-30-23(29-25(32)19-10-8-17(2)9-11-19)20(16-27)15-21-24(30)28-22-18(3)7-5-12-31(22)26(21)33/h5,7-12,15H,4,6,13-14H2,1-3H3. The summed E-state index contributed by atoms with van der Waals surface area (Å²) in [6.07, 6.45) is 2.25. The van der Waals surface area contributed by atoms with Gasteiger partial charge in [-0.05, 0) is 57.0 Å². The van der Waals surface area contributed by atoms with Crippen LogP contribution in [0.3, 0.4) is 0 Å². The van der Waals surface area contributed by atoms with Gasteiger partial charge in [0, 0.05) is 31.5 Å². The zero-order chi connectivity index (χ0) is 24.2. The monoisotopic (exact) mass is 455 g/mol. The number of nitriles is 1. The maximum atomic E-state index is 13.3. The van der Waals surface area contributed by atoms with Crippen molar-refractivity contribution >= 4 is 22.6 Å². The van der Waals surface area contributed by atoms with Crippen LogP contribution in [0.15, 0.2) is 58.4 Å². The number of aryl methyl sites for hydroxylation is 3. The molecule has 0 aliphatic heterocycles. The molecule has 1 amide bonds. The zero-order valence-corrected chi connectivity index (χ0v) is 19.4. The minimum atomic E-state index is -0.469. The SMILES string of the molecule is CCOCCCn1c(=NC(=O)c2ccc(C)cc2)c(C#N)cc2c(=O)n3cccc(C)c3nc21. The predicted molar refractivity (Wildman–Crippen MR) is 129 cm³/mol. The van der Waals surface area contributed by atoms with Crippen molar-refractivity contribution in [1.82, 2.24) is 14.0 Å². The van der Waals surface area contributed by atoms with Gasteiger partial charge in [-0.2, -0.15) is 10.3 Å². The fraction of sp³-hybridized carbons (Fsp3) is 0.269. The first kappa shape index (κ1) is 23.1. The average molecular weight is 456 g/mol. The van der Waals surface area contributed by atoms with Gasteiger partial charge in [0.05, 0.1) is 10.9 Å². The van der Waals surface area contributed by atoms with E-state index in [1.54, 1.807) is 29.0 Å². The minimum absolute atomic E-state index is 0.135. The molecule has 0 radical (unpaired) electrons. The summed E-state index contributed by atoms with van der Waals surface area (Å²) < 4.78 is 8.63. The molecule has 0 N–H and O–H groups in total. The Labute approximate surface area is 196 Å². The number of carbonyl (C=O) groups is 1. The van der Waals surface area contributed by atoms with Crippen LogP contribution in [-0.4, -0.2) is 33.1 Å². The van der Waals surface area contributed by atoms with Gasteiger partial charge >= 0.3 is 0 Å². The average Bonchev–Trinajstić information content (AvgIpc) is 2.83. The van der Waals surface area contributed by atoms with Gasteiger partial charge in [-0.25, -0.2) is 4.98 Å². The molecule has 8 nitrogen and oxygen atoms in total. The molecule has 3 aromatic heterocycles. The van der Waals surface area contributed by atoms with Crippen molar-refractivity contribution in [3.8, 4) is 6.07 Å². The van der Waals surface area contributed by atoms with Crippen LogP contribution in [0.25, 0.3) is 16.7 Å². The third kappa shape index (κ3) is 4.38. The molecule has 172 valence electrons. The van der Waals surface area contributed by atoms with E-state index in [4.69, 9.17) is 9.72 Å². The highest BCUT2D eigenvalue weighted by Gasteiger charge is 2.16. The molecule has 0 bridgehead atoms. The molecule has 3 heterocycles. The molecule has 0 aliphatic carbocycles. The van der Waals surface area contributed by atoms with E-state index >= 15 is 0 Å². The van der Waals surface area contributed by atoms with Gasteiger partial charge in [-0.1, -0.05) is 23.8 Å². The Kier molecular flexibility index (Phi) is 6.66. The van der Waals surface area contributed by atoms with Crippen molar-refractivity contribution in [2.75, 3.05) is 13.2 Å². The predicted octanol–water partition coefficient (Wildman–Crippen LogP) is 3.31. The second-order valence-corrected chi connectivity index (χ2v) is 8.02. The Balaban J connectivity index is 2.03. The quantitative estimate of drug-likeness (QED) is 0.328. The van der Waals surface area contributed by atoms with E-state index < -0.39 is 5.91 Å². The minimum Gasteiger partial charge on any atom is -0.382 e. The van der Waals surface area contributed by atoms with Crippen LogP contribution >= 0.6 is 0 Å². The van der Waals surface area contributed by atoms with E-state index in [2.05, 4.69) is 11.1 Å². The molecule has 0 saturated carbocycles. The second kappa shape index (κ2) is 9.81. The van der Waals surface area contributed by atoms with Crippen LogP contribution in [0.5, 0.6) is 0 Å². The third-order valence-corrected chi connectivity index (χ3v) is 5.61. The molecule has 34 heavy (non-hydrogen) atoms. The molecule has 0 saturated heterocycles. The van der Waals surface area contributed by atoms with Gasteiger partial charge in [-0.15, -0.1) is 0 Å². The number of rotatable bonds is 6. The highest BCUT2D eigenvalue weighted by molar-refractivity contribution is 5.95. The largest absolute Gasteiger partial charge is 0.382 e. The summed E-state index contributed by atoms with van der Waals surface area (Å²) in [5.41, 5.74) is 3.20. The summed E-state index contributed by atoms with van der Waals surface area (Å²) in [6.45, 7) is 7.17. The fourth-order valence-electron chi connectivity index (χ4n) is 3.83. The number of hydrogen-bond acceptors (Lipinski definition) is 5. The summed E-state index contributed by atoms with van der Waals surface area (Å²) >= 11 is 0. The summed E-state index contributed by atoms with van der Waals surface area (Å²) in [7, 11) is 0. The van der Waals surface area contributed by atoms with Crippen LogP contribution < -0.4 is 11.0 Å². The molecule has 4 aromatic rings. The van der Waals surface area contributed by atoms with Gasteiger partial charge in [0.15, 0.2) is 5.49 Å². The van der Waals surface area contributed by atoms with Crippen LogP contribution in [0.1, 0.15) is 40.4 Å². The maximum absolute atomic E-state index is 13.3. The van der Waals surface area contributed by atoms with E-state index in [1.807, 2.05) is 39.0 Å². The molecular weight excluding hydrogens is 430 g/mol. The molecule has 0 atom stereocenters. The Morgan fingerprint density at radius 3 is 2.65 bits per heavy atom. The van der Waals surface area contributed by atoms with E-state index in [-0.39, 0.29) is 22.0 Å². The van der Waals surface area contributed by atoms with Gasteiger partial charge in [0.1, 0.15) is 17.4 Å². The highest BCUT2D eigenvalue weighted by atomic mass is 16.5. The smallest absolute Gasteiger partial charge is 0.278 e. The van der Waals surface area contributed by atoms with Crippen molar-refractivity contribution in [3.05, 3.63) is 86.8 Å². The molecule has 4 rings (SSSR count). The van der Waals surface area contributed by atoms with Crippen LogP contribution in [-0.2, 0) is 11.3 Å². The Hall–Kier alpha value is -4.09. The summed E-state index contributed by atoms with van der Waals surface area (Å²) in [6, 6.07) is 14.3. The van der Waals surface area contributed by atoms with Crippen molar-refractivity contribution in [3.63, 3.8) is 0 Å². The fourth-order valence-corrected chi connectivity index (χ4v) is 3.83. The molecule has 0 fully saturated rings. The molecule has 0 unspecified atom stereocenters. The molecule has 1 aromatic carbocycles. The number of ether oxygens (including phenoxy) is 1. The molecule has 8 heteroatoms. The zero-order valence-electron chi connectivity index (χ0n) is 19.4. The summed E-state index contributed by atoms with van der Waals surface area (Å²) in [4.78, 5) is 35.4. The van der Waals surface area contributed by atoms with Gasteiger partial charge < -0.3 is 9.30 Å². The number of aromatic nitrogens is 3. The Morgan fingerprint density at radius 2 is 1.94 bits per heavy atom. The molecule has 0 spiro atoms. The number of hydrogen-bond donors (Lipinski definition) is 0. The van der Waals surface area contributed by atoms with Crippen molar-refractivity contribution in [1.29, 1.82) is 5.26 Å². The lowest BCUT2D eigenvalue weighted by molar-refractivity contribution is 0.0997. The van der Waals surface area contributed by atoms with E-state index in [0.29, 0.717) is 43.0 Å². The number of benzene rings is 1. The number of fused-ring (bicyclic) bond motifs is 2. The summed E-state index contributed by atoms with van der Waals surface area (Å²) in [5, 5.41) is 10.2. The van der Waals surface area contributed by atoms with E-state index in [0.717, 1.165) is 11.1 Å². The van der Waals surface area contributed by atoms with Gasteiger partial charge in [-0.3, -0.25) is 14.0 Å². The maximum Gasteiger partial charge on any atom is 0.278 e. The Bertz CT molecular complexity index is 1560. The molecular formula is C26H25N5O3. The van der Waals surface area contributed by atoms with Crippen LogP contribution in [0.4, 0.5) is 0 Å². The summed E-state index contributed by atoms with van der Waals surface area (Å²) in [5.74, 6) is -0.469. The van der Waals surface area contributed by atoms with E-state index in [9.17, 15) is 14.9 Å². The van der Waals surface area contributed by atoms with Crippen molar-refractivity contribution in [2.24, 2.45) is 4.99 Å². The number of amides is 1. The van der Waals surface area contributed by atoms with Gasteiger partial charge in [0.2, 0.25) is 0 Å². The van der Waals surface area contributed by atoms with Gasteiger partial charge in [0.25, 0.3) is 11.5 Å². The Morgan fingerprint density at radius 1 is 1.18 bits per heavy atom. The lowest BCUT2D eigenvalue weighted by atomic mass is 10.1. The lowest BCUT2D eigenvalue weighted by Crippen LogP contribution is -2.30. The first-order valence-electron chi connectivity index (χ1n) is 11.1. The van der Waals surface area contributed by atoms with Crippen molar-refractivity contribution < 1.29 is 9.53 Å². The first-order chi connectivity index (χ1) is 16.4. The normalized spacial score (nSPS) is 11.8. The van der Waals surface area contributed by atoms with Crippen LogP contribution in [0, 0.1) is 25.2 Å².